The quantitative estimate of drug-likeness (QED) is 0.243. The van der Waals surface area contributed by atoms with Crippen molar-refractivity contribution in [3.05, 3.63) is 107 Å². The van der Waals surface area contributed by atoms with E-state index >= 15 is 0 Å². The zero-order valence-corrected chi connectivity index (χ0v) is 17.8. The van der Waals surface area contributed by atoms with Crippen molar-refractivity contribution >= 4 is 34.0 Å². The van der Waals surface area contributed by atoms with Gasteiger partial charge in [0.15, 0.2) is 11.5 Å². The summed E-state index contributed by atoms with van der Waals surface area (Å²) in [5.41, 5.74) is 3.11. The van der Waals surface area contributed by atoms with Crippen molar-refractivity contribution in [1.29, 1.82) is 5.26 Å². The van der Waals surface area contributed by atoms with Crippen molar-refractivity contribution in [2.45, 2.75) is 6.61 Å². The minimum absolute atomic E-state index is 0.427. The van der Waals surface area contributed by atoms with Crippen LogP contribution in [0.15, 0.2) is 84.9 Å². The molecule has 0 saturated carbocycles. The van der Waals surface area contributed by atoms with Gasteiger partial charge in [0.1, 0.15) is 6.61 Å². The Morgan fingerprint density at radius 3 is 2.52 bits per heavy atom. The second-order valence-electron chi connectivity index (χ2n) is 6.99. The molecule has 152 valence electrons. The first-order valence-electron chi connectivity index (χ1n) is 9.84. The second kappa shape index (κ2) is 9.38. The van der Waals surface area contributed by atoms with Gasteiger partial charge in [-0.3, -0.25) is 0 Å². The Bertz CT molecular complexity index is 1300. The Balaban J connectivity index is 1.60. The maximum Gasteiger partial charge on any atom is 0.161 e. The van der Waals surface area contributed by atoms with E-state index in [0.717, 1.165) is 11.1 Å². The molecule has 0 bridgehead atoms. The lowest BCUT2D eigenvalue weighted by molar-refractivity contribution is 0.285. The summed E-state index contributed by atoms with van der Waals surface area (Å²) in [5.74, 6) is 1.24. The average Bonchev–Trinajstić information content (AvgIpc) is 2.82. The molecule has 31 heavy (non-hydrogen) atoms. The predicted octanol–water partition coefficient (Wildman–Crippen LogP) is 7.14. The van der Waals surface area contributed by atoms with E-state index < -0.39 is 0 Å². The maximum absolute atomic E-state index is 9.61. The fourth-order valence-corrected chi connectivity index (χ4v) is 3.72. The van der Waals surface area contributed by atoms with Crippen molar-refractivity contribution in [2.75, 3.05) is 7.11 Å². The van der Waals surface area contributed by atoms with Gasteiger partial charge < -0.3 is 9.47 Å². The Morgan fingerprint density at radius 2 is 1.71 bits per heavy atom. The highest BCUT2D eigenvalue weighted by molar-refractivity contribution is 6.32. The SMILES string of the molecule is COc1cc(C=C(C#N)c2ccccc2Cl)ccc1OCc1cccc2ccccc12. The van der Waals surface area contributed by atoms with Crippen LogP contribution in [-0.4, -0.2) is 7.11 Å². The van der Waals surface area contributed by atoms with E-state index in [9.17, 15) is 5.26 Å². The fraction of sp³-hybridized carbons (Fsp3) is 0.0741. The number of benzene rings is 4. The summed E-state index contributed by atoms with van der Waals surface area (Å²) in [4.78, 5) is 0. The number of nitrogens with zero attached hydrogens (tertiary/aromatic N) is 1. The lowest BCUT2D eigenvalue weighted by Crippen LogP contribution is -1.99. The first-order valence-corrected chi connectivity index (χ1v) is 10.2. The van der Waals surface area contributed by atoms with E-state index in [1.807, 2.05) is 54.6 Å². The molecule has 0 aliphatic carbocycles. The molecule has 4 rings (SSSR count). The predicted molar refractivity (Wildman–Crippen MR) is 126 cm³/mol. The third-order valence-electron chi connectivity index (χ3n) is 5.05. The van der Waals surface area contributed by atoms with Crippen LogP contribution in [0.4, 0.5) is 0 Å². The van der Waals surface area contributed by atoms with Crippen LogP contribution in [0.5, 0.6) is 11.5 Å². The van der Waals surface area contributed by atoms with E-state index in [1.54, 1.807) is 19.3 Å². The van der Waals surface area contributed by atoms with Crippen molar-refractivity contribution in [3.63, 3.8) is 0 Å². The first kappa shape index (κ1) is 20.5. The standard InChI is InChI=1S/C27H20ClNO2/c1-30-27-16-19(15-22(17-29)24-11-4-5-12-25(24)28)13-14-26(27)31-18-21-9-6-8-20-7-2-3-10-23(20)21/h2-16H,18H2,1H3. The molecule has 0 spiro atoms. The van der Waals surface area contributed by atoms with Gasteiger partial charge in [0.25, 0.3) is 0 Å². The average molecular weight is 426 g/mol. The highest BCUT2D eigenvalue weighted by Gasteiger charge is 2.10. The Hall–Kier alpha value is -3.74. The number of ether oxygens (including phenoxy) is 2. The van der Waals surface area contributed by atoms with E-state index in [1.165, 1.54) is 10.8 Å². The molecule has 0 radical (unpaired) electrons. The largest absolute Gasteiger partial charge is 0.493 e. The Kier molecular flexibility index (Phi) is 6.21. The first-order chi connectivity index (χ1) is 15.2. The molecule has 3 nitrogen and oxygen atoms in total. The number of methoxy groups -OCH3 is 1. The summed E-state index contributed by atoms with van der Waals surface area (Å²) in [5, 5.41) is 12.5. The summed E-state index contributed by atoms with van der Waals surface area (Å²) in [6.45, 7) is 0.427. The molecule has 0 aromatic heterocycles. The van der Waals surface area contributed by atoms with Crippen molar-refractivity contribution in [2.24, 2.45) is 0 Å². The van der Waals surface area contributed by atoms with Crippen LogP contribution >= 0.6 is 11.6 Å². The molecule has 0 unspecified atom stereocenters. The Labute approximate surface area is 186 Å². The molecule has 0 aliphatic rings. The maximum atomic E-state index is 9.61. The molecular weight excluding hydrogens is 406 g/mol. The third kappa shape index (κ3) is 4.55. The van der Waals surface area contributed by atoms with Crippen LogP contribution in [0.25, 0.3) is 22.4 Å². The lowest BCUT2D eigenvalue weighted by Gasteiger charge is -2.13. The van der Waals surface area contributed by atoms with Crippen molar-refractivity contribution in [3.8, 4) is 17.6 Å². The van der Waals surface area contributed by atoms with Gasteiger partial charge in [-0.25, -0.2) is 0 Å². The number of hydrogen-bond acceptors (Lipinski definition) is 3. The molecular formula is C27H20ClNO2. The molecule has 4 aromatic carbocycles. The summed E-state index contributed by atoms with van der Waals surface area (Å²) < 4.78 is 11.6. The van der Waals surface area contributed by atoms with Crippen molar-refractivity contribution in [1.82, 2.24) is 0 Å². The third-order valence-corrected chi connectivity index (χ3v) is 5.38. The smallest absolute Gasteiger partial charge is 0.161 e. The highest BCUT2D eigenvalue weighted by Crippen LogP contribution is 2.32. The molecule has 4 aromatic rings. The summed E-state index contributed by atoms with van der Waals surface area (Å²) in [6.07, 6.45) is 1.79. The van der Waals surface area contributed by atoms with Gasteiger partial charge >= 0.3 is 0 Å². The van der Waals surface area contributed by atoms with Crippen molar-refractivity contribution < 1.29 is 9.47 Å². The van der Waals surface area contributed by atoms with Crippen LogP contribution in [0, 0.1) is 11.3 Å². The molecule has 0 saturated heterocycles. The number of nitriles is 1. The second-order valence-corrected chi connectivity index (χ2v) is 7.39. The minimum Gasteiger partial charge on any atom is -0.493 e. The van der Waals surface area contributed by atoms with Gasteiger partial charge in [-0.05, 0) is 46.2 Å². The number of rotatable bonds is 6. The van der Waals surface area contributed by atoms with Crippen LogP contribution in [0.1, 0.15) is 16.7 Å². The van der Waals surface area contributed by atoms with E-state index in [-0.39, 0.29) is 0 Å². The fourth-order valence-electron chi connectivity index (χ4n) is 3.48. The van der Waals surface area contributed by atoms with Gasteiger partial charge in [0.05, 0.1) is 18.8 Å². The van der Waals surface area contributed by atoms with Crippen LogP contribution < -0.4 is 9.47 Å². The van der Waals surface area contributed by atoms with E-state index in [2.05, 4.69) is 30.3 Å². The van der Waals surface area contributed by atoms with Gasteiger partial charge in [-0.15, -0.1) is 0 Å². The summed E-state index contributed by atoms with van der Waals surface area (Å²) in [6, 6.07) is 29.6. The lowest BCUT2D eigenvalue weighted by atomic mass is 10.0. The molecule has 0 atom stereocenters. The highest BCUT2D eigenvalue weighted by atomic mass is 35.5. The molecule has 0 N–H and O–H groups in total. The number of allylic oxidation sites excluding steroid dienone is 1. The number of hydrogen-bond donors (Lipinski definition) is 0. The summed E-state index contributed by atoms with van der Waals surface area (Å²) in [7, 11) is 1.60. The molecule has 0 fully saturated rings. The molecule has 0 aliphatic heterocycles. The Morgan fingerprint density at radius 1 is 0.935 bits per heavy atom. The molecule has 0 amide bonds. The van der Waals surface area contributed by atoms with E-state index in [4.69, 9.17) is 21.1 Å². The van der Waals surface area contributed by atoms with E-state index in [0.29, 0.717) is 34.3 Å². The monoisotopic (exact) mass is 425 g/mol. The number of fused-ring (bicyclic) bond motifs is 1. The molecule has 0 heterocycles. The normalized spacial score (nSPS) is 11.2. The zero-order valence-electron chi connectivity index (χ0n) is 17.0. The van der Waals surface area contributed by atoms with Gasteiger partial charge in [-0.2, -0.15) is 5.26 Å². The van der Waals surface area contributed by atoms with Crippen LogP contribution in [0.3, 0.4) is 0 Å². The van der Waals surface area contributed by atoms with Crippen LogP contribution in [0.2, 0.25) is 5.02 Å². The van der Waals surface area contributed by atoms with Gasteiger partial charge in [0, 0.05) is 10.6 Å². The minimum atomic E-state index is 0.427. The van der Waals surface area contributed by atoms with Crippen LogP contribution in [-0.2, 0) is 6.61 Å². The number of halogens is 1. The molecule has 4 heteroatoms. The summed E-state index contributed by atoms with van der Waals surface area (Å²) >= 11 is 6.25. The van der Waals surface area contributed by atoms with Gasteiger partial charge in [-0.1, -0.05) is 78.3 Å². The van der Waals surface area contributed by atoms with Gasteiger partial charge in [0.2, 0.25) is 0 Å². The zero-order chi connectivity index (χ0) is 21.6. The topological polar surface area (TPSA) is 42.2 Å².